The summed E-state index contributed by atoms with van der Waals surface area (Å²) in [5.74, 6) is 2.76. The average Bonchev–Trinajstić information content (AvgIpc) is 2.91. The highest BCUT2D eigenvalue weighted by atomic mass is 32.3. The Balaban J connectivity index is 1.72. The topological polar surface area (TPSA) is 61.8 Å². The predicted molar refractivity (Wildman–Crippen MR) is 165 cm³/mol. The number of benzene rings is 3. The Morgan fingerprint density at radius 1 is 0.744 bits per heavy atom. The summed E-state index contributed by atoms with van der Waals surface area (Å²) in [6, 6.07) is 20.7. The van der Waals surface area contributed by atoms with Gasteiger partial charge in [0.2, 0.25) is 0 Å². The van der Waals surface area contributed by atoms with Crippen molar-refractivity contribution < 1.29 is 23.8 Å². The SMILES string of the molecule is CCOC(=O)c1ccc(-c2ccc(OCCCOC(C)=O)c(-c3ccc4c(c3)S(C)(C)CCS4(C)C)c2)cc1. The first kappa shape index (κ1) is 29.1. The summed E-state index contributed by atoms with van der Waals surface area (Å²) in [6.07, 6.45) is 10.3. The minimum absolute atomic E-state index is 0.279. The molecule has 1 heterocycles. The molecule has 210 valence electrons. The van der Waals surface area contributed by atoms with Gasteiger partial charge in [-0.05, 0) is 96.5 Å². The molecule has 0 unspecified atom stereocenters. The molecule has 0 atom stereocenters. The largest absolute Gasteiger partial charge is 0.493 e. The normalized spacial score (nSPS) is 16.9. The quantitative estimate of drug-likeness (QED) is 0.199. The van der Waals surface area contributed by atoms with Crippen molar-refractivity contribution in [2.75, 3.05) is 56.3 Å². The third kappa shape index (κ3) is 6.82. The van der Waals surface area contributed by atoms with Gasteiger partial charge in [-0.15, -0.1) is 0 Å². The molecule has 7 heteroatoms. The molecule has 1 aliphatic heterocycles. The standard InChI is InChI=1S/C32H40O5S2/c1-7-35-32(34)25-11-9-24(10-12-25)26-13-15-29(37-18-8-17-36-23(2)33)28(21-26)27-14-16-30-31(22-27)39(5,6)20-19-38(30,3)4/h9-16,21-22H,7-8,17-20H2,1-6H3. The molecule has 39 heavy (non-hydrogen) atoms. The minimum atomic E-state index is -0.881. The van der Waals surface area contributed by atoms with Crippen LogP contribution in [0, 0.1) is 0 Å². The molecule has 0 amide bonds. The maximum Gasteiger partial charge on any atom is 0.338 e. The summed E-state index contributed by atoms with van der Waals surface area (Å²) in [5.41, 5.74) is 4.78. The van der Waals surface area contributed by atoms with Gasteiger partial charge in [-0.2, -0.15) is 0 Å². The summed E-state index contributed by atoms with van der Waals surface area (Å²) in [7, 11) is -1.69. The van der Waals surface area contributed by atoms with E-state index in [0.29, 0.717) is 31.8 Å². The van der Waals surface area contributed by atoms with Crippen LogP contribution in [0.2, 0.25) is 0 Å². The predicted octanol–water partition coefficient (Wildman–Crippen LogP) is 7.39. The summed E-state index contributed by atoms with van der Waals surface area (Å²) in [6.45, 7) is 4.36. The van der Waals surface area contributed by atoms with E-state index in [1.165, 1.54) is 28.2 Å². The molecule has 4 rings (SSSR count). The van der Waals surface area contributed by atoms with Gasteiger partial charge in [-0.25, -0.2) is 24.9 Å². The zero-order valence-electron chi connectivity index (χ0n) is 23.9. The van der Waals surface area contributed by atoms with Crippen LogP contribution in [0.3, 0.4) is 0 Å². The van der Waals surface area contributed by atoms with Gasteiger partial charge in [0.05, 0.1) is 25.4 Å². The second-order valence-corrected chi connectivity index (χ2v) is 18.5. The van der Waals surface area contributed by atoms with Crippen LogP contribution in [0.4, 0.5) is 0 Å². The number of hydrogen-bond donors (Lipinski definition) is 0. The monoisotopic (exact) mass is 568 g/mol. The zero-order valence-corrected chi connectivity index (χ0v) is 25.5. The summed E-state index contributed by atoms with van der Waals surface area (Å²) >= 11 is 0. The van der Waals surface area contributed by atoms with Crippen LogP contribution in [-0.2, 0) is 14.3 Å². The van der Waals surface area contributed by atoms with Crippen LogP contribution in [0.25, 0.3) is 22.3 Å². The minimum Gasteiger partial charge on any atom is -0.493 e. The molecular formula is C32H40O5S2. The number of esters is 2. The highest BCUT2D eigenvalue weighted by molar-refractivity contribution is 8.38. The lowest BCUT2D eigenvalue weighted by atomic mass is 9.97. The molecular weight excluding hydrogens is 528 g/mol. The highest BCUT2D eigenvalue weighted by Gasteiger charge is 2.32. The van der Waals surface area contributed by atoms with Crippen molar-refractivity contribution in [3.8, 4) is 28.0 Å². The Labute approximate surface area is 235 Å². The van der Waals surface area contributed by atoms with Gasteiger partial charge < -0.3 is 14.2 Å². The second kappa shape index (κ2) is 12.1. The zero-order chi connectivity index (χ0) is 28.2. The number of ether oxygens (including phenoxy) is 3. The number of carbonyl (C=O) groups excluding carboxylic acids is 2. The van der Waals surface area contributed by atoms with E-state index in [0.717, 1.165) is 28.0 Å². The smallest absolute Gasteiger partial charge is 0.338 e. The molecule has 3 aromatic carbocycles. The van der Waals surface area contributed by atoms with E-state index in [1.807, 2.05) is 36.4 Å². The van der Waals surface area contributed by atoms with Crippen molar-refractivity contribution in [3.05, 3.63) is 66.2 Å². The maximum atomic E-state index is 12.1. The number of fused-ring (bicyclic) bond motifs is 1. The molecule has 0 spiro atoms. The first-order chi connectivity index (χ1) is 18.5. The van der Waals surface area contributed by atoms with E-state index in [2.05, 4.69) is 49.3 Å². The fourth-order valence-electron chi connectivity index (χ4n) is 4.73. The van der Waals surface area contributed by atoms with Gasteiger partial charge in [0.1, 0.15) is 5.75 Å². The third-order valence-electron chi connectivity index (χ3n) is 7.11. The van der Waals surface area contributed by atoms with Crippen LogP contribution < -0.4 is 4.74 Å². The molecule has 0 N–H and O–H groups in total. The van der Waals surface area contributed by atoms with Gasteiger partial charge in [0, 0.05) is 28.7 Å². The lowest BCUT2D eigenvalue weighted by Crippen LogP contribution is -2.19. The number of carbonyl (C=O) groups is 2. The van der Waals surface area contributed by atoms with Gasteiger partial charge in [-0.3, -0.25) is 4.79 Å². The molecule has 1 aliphatic rings. The highest BCUT2D eigenvalue weighted by Crippen LogP contribution is 2.66. The fraction of sp³-hybridized carbons (Fsp3) is 0.375. The Morgan fingerprint density at radius 3 is 2.05 bits per heavy atom. The van der Waals surface area contributed by atoms with Gasteiger partial charge >= 0.3 is 11.9 Å². The average molecular weight is 569 g/mol. The number of rotatable bonds is 9. The summed E-state index contributed by atoms with van der Waals surface area (Å²) < 4.78 is 16.4. The van der Waals surface area contributed by atoms with Gasteiger partial charge in [0.25, 0.3) is 0 Å². The van der Waals surface area contributed by atoms with E-state index >= 15 is 0 Å². The van der Waals surface area contributed by atoms with Crippen LogP contribution in [0.5, 0.6) is 5.75 Å². The summed E-state index contributed by atoms with van der Waals surface area (Å²) in [4.78, 5) is 26.3. The van der Waals surface area contributed by atoms with Crippen LogP contribution >= 0.6 is 20.1 Å². The fourth-order valence-corrected chi connectivity index (χ4v) is 12.0. The Kier molecular flexibility index (Phi) is 9.02. The van der Waals surface area contributed by atoms with Crippen molar-refractivity contribution in [2.24, 2.45) is 0 Å². The van der Waals surface area contributed by atoms with E-state index in [1.54, 1.807) is 6.92 Å². The lowest BCUT2D eigenvalue weighted by Gasteiger charge is -2.48. The number of hydrogen-bond acceptors (Lipinski definition) is 5. The molecule has 0 aromatic heterocycles. The maximum absolute atomic E-state index is 12.1. The first-order valence-corrected chi connectivity index (χ1v) is 18.5. The third-order valence-corrected chi connectivity index (χ3v) is 13.0. The van der Waals surface area contributed by atoms with E-state index < -0.39 is 20.1 Å². The first-order valence-electron chi connectivity index (χ1n) is 13.3. The Morgan fingerprint density at radius 2 is 1.38 bits per heavy atom. The van der Waals surface area contributed by atoms with Crippen LogP contribution in [0.15, 0.2) is 70.5 Å². The Bertz CT molecular complexity index is 1350. The molecule has 3 aromatic rings. The summed E-state index contributed by atoms with van der Waals surface area (Å²) in [5, 5.41) is 0. The van der Waals surface area contributed by atoms with Crippen molar-refractivity contribution >= 4 is 32.0 Å². The van der Waals surface area contributed by atoms with Gasteiger partial charge in [0.15, 0.2) is 0 Å². The van der Waals surface area contributed by atoms with E-state index in [4.69, 9.17) is 14.2 Å². The molecule has 5 nitrogen and oxygen atoms in total. The van der Waals surface area contributed by atoms with Crippen molar-refractivity contribution in [2.45, 2.75) is 30.1 Å². The molecule has 0 saturated heterocycles. The molecule has 0 bridgehead atoms. The van der Waals surface area contributed by atoms with E-state index in [-0.39, 0.29) is 11.9 Å². The molecule has 0 fully saturated rings. The Hall–Kier alpha value is -2.90. The van der Waals surface area contributed by atoms with Crippen molar-refractivity contribution in [3.63, 3.8) is 0 Å². The molecule has 0 radical (unpaired) electrons. The lowest BCUT2D eigenvalue weighted by molar-refractivity contribution is -0.141. The van der Waals surface area contributed by atoms with Crippen LogP contribution in [0.1, 0.15) is 30.6 Å². The van der Waals surface area contributed by atoms with Crippen molar-refractivity contribution in [1.29, 1.82) is 0 Å². The van der Waals surface area contributed by atoms with Crippen molar-refractivity contribution in [1.82, 2.24) is 0 Å². The van der Waals surface area contributed by atoms with Gasteiger partial charge in [-0.1, -0.05) is 24.3 Å². The second-order valence-electron chi connectivity index (χ2n) is 10.7. The van der Waals surface area contributed by atoms with Crippen LogP contribution in [-0.4, -0.2) is 68.3 Å². The molecule has 0 aliphatic carbocycles. The van der Waals surface area contributed by atoms with E-state index in [9.17, 15) is 9.59 Å². The molecule has 0 saturated carbocycles.